The molecule has 1 aromatic carbocycles. The van der Waals surface area contributed by atoms with Crippen LogP contribution in [-0.4, -0.2) is 24.7 Å². The first-order valence-electron chi connectivity index (χ1n) is 6.92. The Labute approximate surface area is 133 Å². The Morgan fingerprint density at radius 1 is 1.33 bits per heavy atom. The van der Waals surface area contributed by atoms with Crippen LogP contribution in [0.25, 0.3) is 10.4 Å². The number of nitrogens with zero attached hydrogens (tertiary/aromatic N) is 1. The smallest absolute Gasteiger partial charge is 0.183 e. The van der Waals surface area contributed by atoms with Gasteiger partial charge >= 0.3 is 0 Å². The van der Waals surface area contributed by atoms with Gasteiger partial charge in [0.05, 0.1) is 9.90 Å². The van der Waals surface area contributed by atoms with Gasteiger partial charge in [0.25, 0.3) is 0 Å². The largest absolute Gasteiger partial charge is 0.486 e. The third-order valence-corrected chi connectivity index (χ3v) is 4.33. The molecule has 0 spiro atoms. The number of ether oxygens (including phenoxy) is 2. The van der Waals surface area contributed by atoms with Crippen LogP contribution in [0.4, 0.5) is 5.13 Å². The third-order valence-electron chi connectivity index (χ3n) is 3.05. The van der Waals surface area contributed by atoms with Crippen molar-refractivity contribution in [1.82, 2.24) is 4.98 Å². The van der Waals surface area contributed by atoms with Crippen LogP contribution in [-0.2, 0) is 0 Å². The summed E-state index contributed by atoms with van der Waals surface area (Å²) in [5.41, 5.74) is 0.999. The second kappa shape index (κ2) is 6.12. The van der Waals surface area contributed by atoms with Gasteiger partial charge in [0, 0.05) is 12.7 Å². The number of halogens is 1. The van der Waals surface area contributed by atoms with E-state index in [-0.39, 0.29) is 0 Å². The van der Waals surface area contributed by atoms with Crippen LogP contribution in [0.5, 0.6) is 11.5 Å². The molecule has 6 heteroatoms. The van der Waals surface area contributed by atoms with Gasteiger partial charge in [-0.25, -0.2) is 4.98 Å². The maximum absolute atomic E-state index is 6.27. The lowest BCUT2D eigenvalue weighted by Crippen LogP contribution is -2.15. The van der Waals surface area contributed by atoms with Gasteiger partial charge in [0.15, 0.2) is 16.6 Å². The molecule has 0 unspecified atom stereocenters. The molecule has 2 aromatic rings. The average Bonchev–Trinajstić information content (AvgIpc) is 2.94. The van der Waals surface area contributed by atoms with Crippen molar-refractivity contribution in [2.75, 3.05) is 25.1 Å². The molecule has 0 bridgehead atoms. The summed E-state index contributed by atoms with van der Waals surface area (Å²) < 4.78 is 11.1. The number of fused-ring (bicyclic) bond motifs is 1. The summed E-state index contributed by atoms with van der Waals surface area (Å²) in [4.78, 5) is 5.45. The first kappa shape index (κ1) is 14.5. The molecular formula is C15H17ClN2O2S. The Bertz CT molecular complexity index is 643. The molecule has 0 saturated carbocycles. The maximum Gasteiger partial charge on any atom is 0.183 e. The summed E-state index contributed by atoms with van der Waals surface area (Å²) in [5, 5.41) is 4.83. The molecule has 2 heterocycles. The molecule has 1 N–H and O–H groups in total. The van der Waals surface area contributed by atoms with Crippen molar-refractivity contribution in [2.45, 2.75) is 13.8 Å². The Morgan fingerprint density at radius 2 is 2.14 bits per heavy atom. The summed E-state index contributed by atoms with van der Waals surface area (Å²) in [6.07, 6.45) is 1.86. The molecule has 21 heavy (non-hydrogen) atoms. The minimum Gasteiger partial charge on any atom is -0.486 e. The van der Waals surface area contributed by atoms with Crippen LogP contribution in [0.3, 0.4) is 0 Å². The van der Waals surface area contributed by atoms with Crippen LogP contribution in [0.2, 0.25) is 5.02 Å². The molecule has 0 saturated heterocycles. The van der Waals surface area contributed by atoms with Crippen molar-refractivity contribution in [2.24, 2.45) is 5.92 Å². The van der Waals surface area contributed by atoms with E-state index in [1.807, 2.05) is 18.3 Å². The summed E-state index contributed by atoms with van der Waals surface area (Å²) in [5.74, 6) is 1.92. The van der Waals surface area contributed by atoms with Crippen LogP contribution < -0.4 is 14.8 Å². The summed E-state index contributed by atoms with van der Waals surface area (Å²) in [7, 11) is 0. The molecule has 0 fully saturated rings. The van der Waals surface area contributed by atoms with Crippen LogP contribution >= 0.6 is 22.9 Å². The predicted molar refractivity (Wildman–Crippen MR) is 86.9 cm³/mol. The number of anilines is 1. The molecule has 0 radical (unpaired) electrons. The zero-order valence-electron chi connectivity index (χ0n) is 12.0. The van der Waals surface area contributed by atoms with Crippen LogP contribution in [0.1, 0.15) is 13.8 Å². The van der Waals surface area contributed by atoms with E-state index in [9.17, 15) is 0 Å². The van der Waals surface area contributed by atoms with Crippen LogP contribution in [0.15, 0.2) is 18.3 Å². The van der Waals surface area contributed by atoms with E-state index in [1.165, 1.54) is 0 Å². The van der Waals surface area contributed by atoms with Gasteiger partial charge in [-0.3, -0.25) is 0 Å². The predicted octanol–water partition coefficient (Wildman–Crippen LogP) is 4.30. The summed E-state index contributed by atoms with van der Waals surface area (Å²) in [6.45, 7) is 6.34. The van der Waals surface area contributed by atoms with Gasteiger partial charge in [0.1, 0.15) is 13.2 Å². The fraction of sp³-hybridized carbons (Fsp3) is 0.400. The molecule has 0 atom stereocenters. The average molecular weight is 325 g/mol. The highest BCUT2D eigenvalue weighted by Gasteiger charge is 2.18. The molecular weight excluding hydrogens is 308 g/mol. The van der Waals surface area contributed by atoms with Gasteiger partial charge in [-0.2, -0.15) is 0 Å². The van der Waals surface area contributed by atoms with Gasteiger partial charge in [-0.15, -0.1) is 0 Å². The zero-order chi connectivity index (χ0) is 14.8. The Hall–Kier alpha value is -1.46. The highest BCUT2D eigenvalue weighted by Crippen LogP contribution is 2.42. The van der Waals surface area contributed by atoms with E-state index in [4.69, 9.17) is 21.1 Å². The Kier molecular flexibility index (Phi) is 4.22. The molecule has 0 aliphatic carbocycles. The third kappa shape index (κ3) is 3.24. The van der Waals surface area contributed by atoms with Gasteiger partial charge < -0.3 is 14.8 Å². The number of hydrogen-bond donors (Lipinski definition) is 1. The summed E-state index contributed by atoms with van der Waals surface area (Å²) >= 11 is 7.88. The zero-order valence-corrected chi connectivity index (χ0v) is 13.6. The number of nitrogens with one attached hydrogen (secondary N) is 1. The molecule has 3 rings (SSSR count). The highest BCUT2D eigenvalue weighted by molar-refractivity contribution is 7.18. The van der Waals surface area contributed by atoms with Gasteiger partial charge in [-0.05, 0) is 23.6 Å². The first-order valence-corrected chi connectivity index (χ1v) is 8.12. The standard InChI is InChI=1S/C15H17ClN2O2S/c1-9(2)7-17-15-18-8-13(21-15)10-5-11(16)14-12(6-10)19-3-4-20-14/h5-6,8-9H,3-4,7H2,1-2H3,(H,17,18). The monoisotopic (exact) mass is 324 g/mol. The van der Waals surface area contributed by atoms with Crippen molar-refractivity contribution in [1.29, 1.82) is 0 Å². The summed E-state index contributed by atoms with van der Waals surface area (Å²) in [6, 6.07) is 3.86. The minimum atomic E-state index is 0.538. The highest BCUT2D eigenvalue weighted by atomic mass is 35.5. The number of thiazole rings is 1. The first-order chi connectivity index (χ1) is 10.1. The second-order valence-electron chi connectivity index (χ2n) is 5.29. The number of benzene rings is 1. The van der Waals surface area contributed by atoms with E-state index in [1.54, 1.807) is 11.3 Å². The fourth-order valence-electron chi connectivity index (χ4n) is 2.03. The topological polar surface area (TPSA) is 43.4 Å². The molecule has 0 amide bonds. The number of aromatic nitrogens is 1. The van der Waals surface area contributed by atoms with Crippen LogP contribution in [0, 0.1) is 5.92 Å². The maximum atomic E-state index is 6.27. The van der Waals surface area contributed by atoms with Crippen molar-refractivity contribution >= 4 is 28.1 Å². The van der Waals surface area contributed by atoms with Gasteiger partial charge in [-0.1, -0.05) is 36.8 Å². The number of rotatable bonds is 4. The van der Waals surface area contributed by atoms with Crippen molar-refractivity contribution in [3.8, 4) is 21.9 Å². The lowest BCUT2D eigenvalue weighted by atomic mass is 10.1. The molecule has 1 aromatic heterocycles. The van der Waals surface area contributed by atoms with E-state index in [2.05, 4.69) is 24.1 Å². The number of hydrogen-bond acceptors (Lipinski definition) is 5. The van der Waals surface area contributed by atoms with E-state index in [0.717, 1.165) is 22.1 Å². The molecule has 1 aliphatic heterocycles. The lowest BCUT2D eigenvalue weighted by Gasteiger charge is -2.20. The Morgan fingerprint density at radius 3 is 2.95 bits per heavy atom. The lowest BCUT2D eigenvalue weighted by molar-refractivity contribution is 0.172. The normalized spacial score (nSPS) is 13.5. The van der Waals surface area contributed by atoms with E-state index < -0.39 is 0 Å². The SMILES string of the molecule is CC(C)CNc1ncc(-c2cc(Cl)c3c(c2)OCCO3)s1. The van der Waals surface area contributed by atoms with E-state index >= 15 is 0 Å². The van der Waals surface area contributed by atoms with Gasteiger partial charge in [0.2, 0.25) is 0 Å². The molecule has 4 nitrogen and oxygen atoms in total. The molecule has 112 valence electrons. The van der Waals surface area contributed by atoms with Crippen molar-refractivity contribution in [3.05, 3.63) is 23.4 Å². The second-order valence-corrected chi connectivity index (χ2v) is 6.72. The van der Waals surface area contributed by atoms with E-state index in [0.29, 0.717) is 35.7 Å². The molecule has 1 aliphatic rings. The van der Waals surface area contributed by atoms with Crippen molar-refractivity contribution in [3.63, 3.8) is 0 Å². The minimum absolute atomic E-state index is 0.538. The van der Waals surface area contributed by atoms with Crippen molar-refractivity contribution < 1.29 is 9.47 Å². The fourth-order valence-corrected chi connectivity index (χ4v) is 3.11. The quantitative estimate of drug-likeness (QED) is 0.910. The Balaban J connectivity index is 1.85.